The van der Waals surface area contributed by atoms with E-state index in [9.17, 15) is 0 Å². The van der Waals surface area contributed by atoms with Crippen molar-refractivity contribution in [1.82, 2.24) is 19.9 Å². The number of benzene rings is 2. The molecule has 0 fully saturated rings. The van der Waals surface area contributed by atoms with Crippen molar-refractivity contribution < 1.29 is 0 Å². The van der Waals surface area contributed by atoms with Gasteiger partial charge in [-0.25, -0.2) is 19.9 Å². The zero-order valence-corrected chi connectivity index (χ0v) is 25.6. The van der Waals surface area contributed by atoms with Gasteiger partial charge in [0.1, 0.15) is 0 Å². The maximum absolute atomic E-state index is 5.46. The third kappa shape index (κ3) is 4.84. The lowest BCUT2D eigenvalue weighted by Gasteiger charge is -2.44. The van der Waals surface area contributed by atoms with Crippen LogP contribution in [0.3, 0.4) is 0 Å². The Morgan fingerprint density at radius 1 is 0.730 bits per heavy atom. The number of hydrogen-bond donors (Lipinski definition) is 0. The molecule has 0 spiro atoms. The second-order valence-corrected chi connectivity index (χ2v) is 16.5. The predicted molar refractivity (Wildman–Crippen MR) is 167 cm³/mol. The minimum Gasteiger partial charge on any atom is -0.249 e. The van der Waals surface area contributed by atoms with Crippen molar-refractivity contribution >= 4 is 62.8 Å². The molecule has 0 aliphatic carbocycles. The molecule has 7 heteroatoms. The molecule has 0 N–H and O–H groups in total. The van der Waals surface area contributed by atoms with Crippen molar-refractivity contribution in [2.45, 2.75) is 70.1 Å². The van der Waals surface area contributed by atoms with Crippen LogP contribution in [0.2, 0.25) is 0 Å². The summed E-state index contributed by atoms with van der Waals surface area (Å²) in [5, 5.41) is 0. The van der Waals surface area contributed by atoms with Gasteiger partial charge in [0.15, 0.2) is 0 Å². The number of para-hydroxylation sites is 4. The van der Waals surface area contributed by atoms with Gasteiger partial charge in [0.25, 0.3) is 0 Å². The van der Waals surface area contributed by atoms with Gasteiger partial charge in [-0.2, -0.15) is 0 Å². The number of fused-ring (bicyclic) bond motifs is 3. The largest absolute Gasteiger partial charge is 0.249 e. The summed E-state index contributed by atoms with van der Waals surface area (Å²) < 4.78 is 0. The van der Waals surface area contributed by atoms with Crippen LogP contribution in [0.15, 0.2) is 48.5 Å². The second kappa shape index (κ2) is 11.7. The minimum absolute atomic E-state index is 0.140. The highest BCUT2D eigenvalue weighted by Crippen LogP contribution is 2.74. The monoisotopic (exact) mass is 548 g/mol. The van der Waals surface area contributed by atoms with Crippen molar-refractivity contribution in [2.24, 2.45) is 0 Å². The Morgan fingerprint density at radius 3 is 1.76 bits per heavy atom. The zero-order chi connectivity index (χ0) is 26.0. The van der Waals surface area contributed by atoms with Gasteiger partial charge < -0.3 is 0 Å². The third-order valence-corrected chi connectivity index (χ3v) is 16.8. The molecule has 4 nitrogen and oxygen atoms in total. The van der Waals surface area contributed by atoms with E-state index in [0.717, 1.165) is 34.9 Å². The molecule has 0 saturated heterocycles. The fraction of sp³-hybridized carbons (Fsp3) is 0.467. The van der Waals surface area contributed by atoms with Crippen LogP contribution < -0.4 is 16.3 Å². The molecule has 3 unspecified atom stereocenters. The molecule has 0 radical (unpaired) electrons. The third-order valence-electron chi connectivity index (χ3n) is 8.01. The van der Waals surface area contributed by atoms with Crippen molar-refractivity contribution in [3.63, 3.8) is 0 Å². The summed E-state index contributed by atoms with van der Waals surface area (Å²) in [6.45, 7) is 12.0. The molecule has 4 aromatic rings. The summed E-state index contributed by atoms with van der Waals surface area (Å²) in [5.74, 6) is 0.380. The molecule has 194 valence electrons. The van der Waals surface area contributed by atoms with Crippen molar-refractivity contribution in [1.29, 1.82) is 0 Å². The smallest absolute Gasteiger partial charge is 0.0904 e. The van der Waals surface area contributed by atoms with Crippen LogP contribution in [0.5, 0.6) is 0 Å². The van der Waals surface area contributed by atoms with E-state index >= 15 is 0 Å². The zero-order valence-electron chi connectivity index (χ0n) is 22.8. The van der Waals surface area contributed by atoms with Crippen LogP contribution in [0, 0.1) is 0 Å². The molecular formula is C30H39N4P3. The van der Waals surface area contributed by atoms with Gasteiger partial charge in [0.2, 0.25) is 0 Å². The summed E-state index contributed by atoms with van der Waals surface area (Å²) in [6.07, 6.45) is 8.37. The molecule has 4 atom stereocenters. The van der Waals surface area contributed by atoms with E-state index in [-0.39, 0.29) is 4.90 Å². The highest BCUT2D eigenvalue weighted by molar-refractivity contribution is 7.88. The average molecular weight is 549 g/mol. The van der Waals surface area contributed by atoms with E-state index in [1.165, 1.54) is 53.8 Å². The van der Waals surface area contributed by atoms with E-state index in [0.29, 0.717) is 14.5 Å². The SMILES string of the molecule is CCCCPc1nc2ccccc2nc1[C@@H](CCCC)C1(CC)P(C)c2nc3ccccc3nc2P1C. The van der Waals surface area contributed by atoms with Crippen LogP contribution in [-0.4, -0.2) is 44.3 Å². The minimum atomic E-state index is -0.502. The fourth-order valence-electron chi connectivity index (χ4n) is 5.98. The molecule has 0 amide bonds. The van der Waals surface area contributed by atoms with Crippen LogP contribution in [0.25, 0.3) is 22.1 Å². The standard InChI is InChI=1S/C30H39N4P3/c1-6-9-15-21(26-27(35-20-10-7-2)32-23-17-12-11-16-22(23)31-26)30(8-3)36(4)28-29(37(30)5)34-25-19-14-13-18-24(25)33-28/h11-14,16-19,21,35H,6-10,15,20H2,1-5H3/t21-,30?,36?,37?/m1/s1. The summed E-state index contributed by atoms with van der Waals surface area (Å²) in [5.41, 5.74) is 9.24. The maximum Gasteiger partial charge on any atom is 0.0904 e. The molecule has 2 aromatic carbocycles. The first-order chi connectivity index (χ1) is 18.0. The molecule has 1 aliphatic rings. The van der Waals surface area contributed by atoms with E-state index in [1.807, 2.05) is 0 Å². The number of rotatable bonds is 10. The summed E-state index contributed by atoms with van der Waals surface area (Å²) in [4.78, 5) is 21.4. The molecule has 37 heavy (non-hydrogen) atoms. The molecular weight excluding hydrogens is 509 g/mol. The van der Waals surface area contributed by atoms with Crippen LogP contribution in [0.1, 0.15) is 70.9 Å². The van der Waals surface area contributed by atoms with Gasteiger partial charge >= 0.3 is 0 Å². The molecule has 5 rings (SSSR count). The number of hydrogen-bond acceptors (Lipinski definition) is 4. The van der Waals surface area contributed by atoms with E-state index in [2.05, 4.69) is 82.6 Å². The Bertz CT molecular complexity index is 1340. The topological polar surface area (TPSA) is 51.6 Å². The highest BCUT2D eigenvalue weighted by Gasteiger charge is 2.55. The van der Waals surface area contributed by atoms with Gasteiger partial charge in [-0.15, -0.1) is 0 Å². The highest BCUT2D eigenvalue weighted by atomic mass is 31.2. The lowest BCUT2D eigenvalue weighted by Crippen LogP contribution is -2.35. The Morgan fingerprint density at radius 2 is 1.24 bits per heavy atom. The summed E-state index contributed by atoms with van der Waals surface area (Å²) in [6, 6.07) is 16.8. The number of nitrogens with zero attached hydrogens (tertiary/aromatic N) is 4. The first-order valence-corrected chi connectivity index (χ1v) is 18.6. The maximum atomic E-state index is 5.46. The molecule has 1 aliphatic heterocycles. The van der Waals surface area contributed by atoms with Crippen molar-refractivity contribution in [3.8, 4) is 0 Å². The predicted octanol–water partition coefficient (Wildman–Crippen LogP) is 7.24. The van der Waals surface area contributed by atoms with E-state index in [4.69, 9.17) is 19.9 Å². The lowest BCUT2D eigenvalue weighted by atomic mass is 9.92. The summed E-state index contributed by atoms with van der Waals surface area (Å²) in [7, 11) is -0.290. The fourth-order valence-corrected chi connectivity index (χ4v) is 15.0. The molecule has 2 aromatic heterocycles. The van der Waals surface area contributed by atoms with Gasteiger partial charge in [-0.3, -0.25) is 0 Å². The quantitative estimate of drug-likeness (QED) is 0.155. The van der Waals surface area contributed by atoms with E-state index in [1.54, 1.807) is 0 Å². The second-order valence-electron chi connectivity index (χ2n) is 10.1. The Labute approximate surface area is 226 Å². The number of unbranched alkanes of at least 4 members (excludes halogenated alkanes) is 2. The van der Waals surface area contributed by atoms with Crippen LogP contribution in [-0.2, 0) is 0 Å². The van der Waals surface area contributed by atoms with E-state index < -0.39 is 15.8 Å². The van der Waals surface area contributed by atoms with Gasteiger partial charge in [0, 0.05) is 10.8 Å². The Hall–Kier alpha value is -1.59. The summed E-state index contributed by atoms with van der Waals surface area (Å²) >= 11 is 0. The van der Waals surface area contributed by atoms with Crippen LogP contribution in [0.4, 0.5) is 0 Å². The average Bonchev–Trinajstić information content (AvgIpc) is 3.13. The molecule has 0 saturated carbocycles. The Balaban J connectivity index is 1.69. The van der Waals surface area contributed by atoms with Gasteiger partial charge in [0.05, 0.1) is 44.1 Å². The van der Waals surface area contributed by atoms with Crippen molar-refractivity contribution in [2.75, 3.05) is 19.5 Å². The molecule has 0 bridgehead atoms. The van der Waals surface area contributed by atoms with Crippen molar-refractivity contribution in [3.05, 3.63) is 54.2 Å². The van der Waals surface area contributed by atoms with Crippen LogP contribution >= 0.6 is 24.4 Å². The molecule has 3 heterocycles. The lowest BCUT2D eigenvalue weighted by molar-refractivity contribution is 0.511. The van der Waals surface area contributed by atoms with Gasteiger partial charge in [-0.1, -0.05) is 72.9 Å². The number of aromatic nitrogens is 4. The first-order valence-electron chi connectivity index (χ1n) is 13.8. The first kappa shape index (κ1) is 27.0. The van der Waals surface area contributed by atoms with Gasteiger partial charge in [-0.05, 0) is 78.9 Å². The Kier molecular flexibility index (Phi) is 8.50. The normalized spacial score (nSPS) is 22.3.